The van der Waals surface area contributed by atoms with Crippen LogP contribution < -0.4 is 20.8 Å². The second-order valence-corrected chi connectivity index (χ2v) is 7.74. The molecule has 8 heteroatoms. The Labute approximate surface area is 185 Å². The van der Waals surface area contributed by atoms with Crippen LogP contribution in [-0.2, 0) is 0 Å². The van der Waals surface area contributed by atoms with Crippen molar-refractivity contribution < 1.29 is 18.7 Å². The van der Waals surface area contributed by atoms with E-state index in [2.05, 4.69) is 10.6 Å². The molecule has 3 aromatic rings. The normalized spacial score (nSPS) is 14.2. The van der Waals surface area contributed by atoms with E-state index in [4.69, 9.17) is 9.15 Å². The zero-order valence-electron chi connectivity index (χ0n) is 17.8. The first-order chi connectivity index (χ1) is 15.5. The lowest BCUT2D eigenvalue weighted by Crippen LogP contribution is -2.43. The van der Waals surface area contributed by atoms with Crippen LogP contribution in [0.1, 0.15) is 23.4 Å². The molecule has 1 aliphatic heterocycles. The van der Waals surface area contributed by atoms with E-state index in [-0.39, 0.29) is 23.1 Å². The van der Waals surface area contributed by atoms with Crippen LogP contribution in [0.5, 0.6) is 5.75 Å². The maximum Gasteiger partial charge on any atom is 0.321 e. The predicted octanol–water partition coefficient (Wildman–Crippen LogP) is 3.48. The highest BCUT2D eigenvalue weighted by Crippen LogP contribution is 2.24. The Hall–Kier alpha value is -3.81. The summed E-state index contributed by atoms with van der Waals surface area (Å²) in [4.78, 5) is 39.0. The van der Waals surface area contributed by atoms with Crippen LogP contribution in [0.15, 0.2) is 63.8 Å². The number of amides is 3. The van der Waals surface area contributed by atoms with Crippen LogP contribution in [0.3, 0.4) is 0 Å². The first-order valence-electron chi connectivity index (χ1n) is 10.5. The standard InChI is InChI=1S/C24H25N3O5/c1-31-21-9-5-3-7-18(21)26-24(30)27-12-10-16(11-13-27)15-25-23(29)22-14-19(28)17-6-2-4-8-20(17)32-22/h2-9,14,16H,10-13,15H2,1H3,(H,25,29)(H,26,30). The Bertz CT molecular complexity index is 1180. The molecule has 0 saturated carbocycles. The van der Waals surface area contributed by atoms with Gasteiger partial charge >= 0.3 is 6.03 Å². The lowest BCUT2D eigenvalue weighted by Gasteiger charge is -2.32. The monoisotopic (exact) mass is 435 g/mol. The van der Waals surface area contributed by atoms with Crippen molar-refractivity contribution in [2.75, 3.05) is 32.1 Å². The molecule has 32 heavy (non-hydrogen) atoms. The molecule has 8 nitrogen and oxygen atoms in total. The molecule has 4 rings (SSSR count). The molecule has 0 radical (unpaired) electrons. The number of nitrogens with zero attached hydrogens (tertiary/aromatic N) is 1. The third-order valence-electron chi connectivity index (χ3n) is 5.66. The smallest absolute Gasteiger partial charge is 0.321 e. The van der Waals surface area contributed by atoms with Crippen molar-refractivity contribution in [2.45, 2.75) is 12.8 Å². The number of nitrogens with one attached hydrogen (secondary N) is 2. The quantitative estimate of drug-likeness (QED) is 0.639. The van der Waals surface area contributed by atoms with E-state index >= 15 is 0 Å². The van der Waals surface area contributed by atoms with Gasteiger partial charge < -0.3 is 24.7 Å². The van der Waals surface area contributed by atoms with Gasteiger partial charge in [0, 0.05) is 25.7 Å². The van der Waals surface area contributed by atoms with Crippen molar-refractivity contribution in [1.29, 1.82) is 0 Å². The Morgan fingerprint density at radius 3 is 2.59 bits per heavy atom. The van der Waals surface area contributed by atoms with Crippen molar-refractivity contribution in [2.24, 2.45) is 5.92 Å². The number of likely N-dealkylation sites (tertiary alicyclic amines) is 1. The molecule has 0 aliphatic carbocycles. The summed E-state index contributed by atoms with van der Waals surface area (Å²) in [6, 6.07) is 15.2. The van der Waals surface area contributed by atoms with Crippen LogP contribution in [0, 0.1) is 5.92 Å². The number of fused-ring (bicyclic) bond motifs is 1. The molecule has 0 spiro atoms. The maximum absolute atomic E-state index is 12.6. The summed E-state index contributed by atoms with van der Waals surface area (Å²) in [5.41, 5.74) is 0.775. The Balaban J connectivity index is 1.28. The summed E-state index contributed by atoms with van der Waals surface area (Å²) in [7, 11) is 1.56. The average Bonchev–Trinajstić information content (AvgIpc) is 2.83. The van der Waals surface area contributed by atoms with Crippen LogP contribution >= 0.6 is 0 Å². The molecular formula is C24H25N3O5. The molecule has 2 heterocycles. The lowest BCUT2D eigenvalue weighted by molar-refractivity contribution is 0.0911. The summed E-state index contributed by atoms with van der Waals surface area (Å²) in [5.74, 6) is 0.437. The molecule has 0 unspecified atom stereocenters. The highest BCUT2D eigenvalue weighted by molar-refractivity contribution is 5.93. The third-order valence-corrected chi connectivity index (χ3v) is 5.66. The van der Waals surface area contributed by atoms with Crippen molar-refractivity contribution in [3.8, 4) is 5.75 Å². The molecular weight excluding hydrogens is 410 g/mol. The van der Waals surface area contributed by atoms with E-state index in [1.807, 2.05) is 12.1 Å². The number of para-hydroxylation sites is 3. The second kappa shape index (κ2) is 9.55. The summed E-state index contributed by atoms with van der Waals surface area (Å²) >= 11 is 0. The van der Waals surface area contributed by atoms with Gasteiger partial charge in [-0.05, 0) is 43.0 Å². The van der Waals surface area contributed by atoms with Crippen LogP contribution in [0.2, 0.25) is 0 Å². The van der Waals surface area contributed by atoms with Gasteiger partial charge in [0.25, 0.3) is 5.91 Å². The molecule has 0 bridgehead atoms. The number of methoxy groups -OCH3 is 1. The van der Waals surface area contributed by atoms with Gasteiger partial charge in [0.15, 0.2) is 11.2 Å². The van der Waals surface area contributed by atoms with Crippen LogP contribution in [0.4, 0.5) is 10.5 Å². The Morgan fingerprint density at radius 1 is 1.09 bits per heavy atom. The fraction of sp³-hybridized carbons (Fsp3) is 0.292. The van der Waals surface area contributed by atoms with Gasteiger partial charge in [0.1, 0.15) is 11.3 Å². The lowest BCUT2D eigenvalue weighted by atomic mass is 9.97. The van der Waals surface area contributed by atoms with Crippen LogP contribution in [0.25, 0.3) is 11.0 Å². The van der Waals surface area contributed by atoms with Gasteiger partial charge in [0.05, 0.1) is 18.2 Å². The predicted molar refractivity (Wildman–Crippen MR) is 121 cm³/mol. The van der Waals surface area contributed by atoms with Gasteiger partial charge in [0.2, 0.25) is 0 Å². The van der Waals surface area contributed by atoms with Gasteiger partial charge in [-0.2, -0.15) is 0 Å². The topological polar surface area (TPSA) is 101 Å². The van der Waals surface area contributed by atoms with Gasteiger partial charge in [-0.15, -0.1) is 0 Å². The number of carbonyl (C=O) groups excluding carboxylic acids is 2. The van der Waals surface area contributed by atoms with E-state index in [9.17, 15) is 14.4 Å². The molecule has 3 amide bonds. The van der Waals surface area contributed by atoms with E-state index in [1.165, 1.54) is 6.07 Å². The molecule has 1 aromatic heterocycles. The minimum absolute atomic E-state index is 0.00215. The van der Waals surface area contributed by atoms with E-state index in [0.29, 0.717) is 42.0 Å². The first-order valence-corrected chi connectivity index (χ1v) is 10.5. The summed E-state index contributed by atoms with van der Waals surface area (Å²) < 4.78 is 10.9. The molecule has 2 aromatic carbocycles. The van der Waals surface area contributed by atoms with Gasteiger partial charge in [-0.3, -0.25) is 9.59 Å². The fourth-order valence-corrected chi connectivity index (χ4v) is 3.82. The van der Waals surface area contributed by atoms with Crippen molar-refractivity contribution in [1.82, 2.24) is 10.2 Å². The first kappa shape index (κ1) is 21.4. The fourth-order valence-electron chi connectivity index (χ4n) is 3.82. The number of ether oxygens (including phenoxy) is 1. The van der Waals surface area contributed by atoms with Crippen molar-refractivity contribution in [3.63, 3.8) is 0 Å². The number of hydrogen-bond donors (Lipinski definition) is 2. The maximum atomic E-state index is 12.6. The SMILES string of the molecule is COc1ccccc1NC(=O)N1CCC(CNC(=O)c2cc(=O)c3ccccc3o2)CC1. The Kier molecular flexibility index (Phi) is 6.39. The van der Waals surface area contributed by atoms with Crippen molar-refractivity contribution >= 4 is 28.6 Å². The number of hydrogen-bond acceptors (Lipinski definition) is 5. The molecule has 1 aliphatic rings. The number of piperidine rings is 1. The summed E-state index contributed by atoms with van der Waals surface area (Å²) in [6.45, 7) is 1.64. The summed E-state index contributed by atoms with van der Waals surface area (Å²) in [5, 5.41) is 6.19. The zero-order chi connectivity index (χ0) is 22.5. The molecule has 166 valence electrons. The highest BCUT2D eigenvalue weighted by Gasteiger charge is 2.24. The average molecular weight is 435 g/mol. The van der Waals surface area contributed by atoms with E-state index in [1.54, 1.807) is 48.4 Å². The van der Waals surface area contributed by atoms with Gasteiger partial charge in [-0.25, -0.2) is 4.79 Å². The van der Waals surface area contributed by atoms with E-state index < -0.39 is 5.91 Å². The highest BCUT2D eigenvalue weighted by atomic mass is 16.5. The van der Waals surface area contributed by atoms with Crippen LogP contribution in [-0.4, -0.2) is 43.6 Å². The largest absolute Gasteiger partial charge is 0.495 e. The molecule has 1 saturated heterocycles. The summed E-state index contributed by atoms with van der Waals surface area (Å²) in [6.07, 6.45) is 1.53. The number of anilines is 1. The number of carbonyl (C=O) groups is 2. The minimum atomic E-state index is -0.413. The number of rotatable bonds is 5. The van der Waals surface area contributed by atoms with E-state index in [0.717, 1.165) is 12.8 Å². The molecule has 1 fully saturated rings. The van der Waals surface area contributed by atoms with Gasteiger partial charge in [-0.1, -0.05) is 24.3 Å². The number of urea groups is 1. The zero-order valence-corrected chi connectivity index (χ0v) is 17.8. The molecule has 2 N–H and O–H groups in total. The molecule has 0 atom stereocenters. The second-order valence-electron chi connectivity index (χ2n) is 7.74. The minimum Gasteiger partial charge on any atom is -0.495 e. The van der Waals surface area contributed by atoms with Crippen molar-refractivity contribution in [3.05, 3.63) is 70.6 Å². The number of benzene rings is 2. The Morgan fingerprint density at radius 2 is 1.81 bits per heavy atom. The third kappa shape index (κ3) is 4.74.